The van der Waals surface area contributed by atoms with Crippen LogP contribution >= 0.6 is 0 Å². The number of likely N-dealkylation sites (N-methyl/N-ethyl adjacent to an activating group) is 1. The van der Waals surface area contributed by atoms with Gasteiger partial charge in [-0.15, -0.1) is 0 Å². The molecule has 0 aliphatic carbocycles. The molecule has 3 N–H and O–H groups in total. The Morgan fingerprint density at radius 2 is 1.74 bits per heavy atom. The number of methoxy groups -OCH3 is 1. The van der Waals surface area contributed by atoms with Gasteiger partial charge >= 0.3 is 24.1 Å². The van der Waals surface area contributed by atoms with Gasteiger partial charge in [0.2, 0.25) is 11.8 Å². The number of likely N-dealkylation sites (tertiary alicyclic amines) is 1. The molecular weight excluding hydrogens is 513 g/mol. The fraction of sp³-hybridized carbons (Fsp3) is 0.542. The first-order chi connectivity index (χ1) is 17.7. The van der Waals surface area contributed by atoms with Crippen LogP contribution in [0, 0.1) is 11.8 Å². The molecule has 2 fully saturated rings. The van der Waals surface area contributed by atoms with Crippen molar-refractivity contribution in [1.82, 2.24) is 20.4 Å². The van der Waals surface area contributed by atoms with E-state index in [1.54, 1.807) is 11.8 Å². The highest BCUT2D eigenvalue weighted by atomic mass is 19.4. The van der Waals surface area contributed by atoms with Crippen LogP contribution in [0.4, 0.5) is 18.0 Å². The van der Waals surface area contributed by atoms with Gasteiger partial charge < -0.3 is 20.1 Å². The number of carbonyl (C=O) groups excluding carboxylic acids is 4. The second-order valence-corrected chi connectivity index (χ2v) is 8.87. The number of rotatable bonds is 7. The minimum atomic E-state index is -5.08. The Hall–Kier alpha value is -3.68. The molecule has 2 saturated heterocycles. The number of ether oxygens (including phenoxy) is 1. The predicted octanol–water partition coefficient (Wildman–Crippen LogP) is 1.38. The van der Waals surface area contributed by atoms with E-state index in [4.69, 9.17) is 14.6 Å². The summed E-state index contributed by atoms with van der Waals surface area (Å²) in [6.07, 6.45) is -5.08. The number of benzene rings is 1. The van der Waals surface area contributed by atoms with E-state index in [9.17, 15) is 32.3 Å². The van der Waals surface area contributed by atoms with E-state index in [1.165, 1.54) is 12.0 Å². The Morgan fingerprint density at radius 1 is 1.16 bits per heavy atom. The van der Waals surface area contributed by atoms with Crippen molar-refractivity contribution < 1.29 is 47.0 Å². The van der Waals surface area contributed by atoms with Crippen LogP contribution in [-0.4, -0.2) is 89.2 Å². The smallest absolute Gasteiger partial charge is 0.475 e. The fourth-order valence-corrected chi connectivity index (χ4v) is 4.66. The Kier molecular flexibility index (Phi) is 9.84. The number of halogens is 3. The molecule has 38 heavy (non-hydrogen) atoms. The number of urea groups is 1. The zero-order valence-electron chi connectivity index (χ0n) is 21.4. The summed E-state index contributed by atoms with van der Waals surface area (Å²) in [7, 11) is 1.26. The van der Waals surface area contributed by atoms with Gasteiger partial charge in [-0.25, -0.2) is 9.59 Å². The van der Waals surface area contributed by atoms with Crippen molar-refractivity contribution in [2.45, 2.75) is 45.1 Å². The number of amides is 4. The molecular formula is C24H31F3N4O7. The topological polar surface area (TPSA) is 145 Å². The van der Waals surface area contributed by atoms with Gasteiger partial charge in [0.25, 0.3) is 0 Å². The monoisotopic (exact) mass is 544 g/mol. The lowest BCUT2D eigenvalue weighted by Gasteiger charge is -2.30. The van der Waals surface area contributed by atoms with E-state index >= 15 is 0 Å². The van der Waals surface area contributed by atoms with Crippen molar-refractivity contribution in [3.05, 3.63) is 35.9 Å². The molecule has 0 aromatic heterocycles. The Bertz CT molecular complexity index is 1050. The van der Waals surface area contributed by atoms with Gasteiger partial charge in [-0.2, -0.15) is 13.2 Å². The Balaban J connectivity index is 0.000000638. The summed E-state index contributed by atoms with van der Waals surface area (Å²) in [6, 6.07) is 8.42. The molecule has 0 saturated carbocycles. The zero-order valence-corrected chi connectivity index (χ0v) is 21.4. The van der Waals surface area contributed by atoms with Crippen LogP contribution in [0.5, 0.6) is 0 Å². The van der Waals surface area contributed by atoms with Gasteiger partial charge in [-0.3, -0.25) is 24.6 Å². The number of imide groups is 1. The molecule has 14 heteroatoms. The number of nitrogens with zero attached hydrogens (tertiary/aromatic N) is 2. The molecule has 0 spiro atoms. The predicted molar refractivity (Wildman–Crippen MR) is 126 cm³/mol. The lowest BCUT2D eigenvalue weighted by molar-refractivity contribution is -0.192. The quantitative estimate of drug-likeness (QED) is 0.345. The van der Waals surface area contributed by atoms with E-state index in [-0.39, 0.29) is 25.0 Å². The van der Waals surface area contributed by atoms with Crippen molar-refractivity contribution in [2.24, 2.45) is 11.8 Å². The van der Waals surface area contributed by atoms with Crippen LogP contribution in [0.2, 0.25) is 0 Å². The average Bonchev–Trinajstić information content (AvgIpc) is 3.30. The summed E-state index contributed by atoms with van der Waals surface area (Å²) in [6.45, 7) is 6.48. The maximum Gasteiger partial charge on any atom is 0.490 e. The minimum Gasteiger partial charge on any atom is -0.475 e. The fourth-order valence-electron chi connectivity index (χ4n) is 4.66. The summed E-state index contributed by atoms with van der Waals surface area (Å²) in [5.74, 6) is -5.75. The van der Waals surface area contributed by atoms with E-state index in [0.29, 0.717) is 13.1 Å². The zero-order chi connectivity index (χ0) is 28.8. The molecule has 2 aliphatic heterocycles. The number of carboxylic acid groups (broad SMARTS) is 1. The van der Waals surface area contributed by atoms with E-state index in [1.807, 2.05) is 44.2 Å². The number of hydrogen-bond donors (Lipinski definition) is 3. The van der Waals surface area contributed by atoms with Crippen molar-refractivity contribution in [1.29, 1.82) is 0 Å². The Morgan fingerprint density at radius 3 is 2.21 bits per heavy atom. The van der Waals surface area contributed by atoms with Crippen LogP contribution in [-0.2, 0) is 30.5 Å². The average molecular weight is 545 g/mol. The number of alkyl halides is 3. The maximum atomic E-state index is 13.4. The molecule has 4 amide bonds. The van der Waals surface area contributed by atoms with Gasteiger partial charge in [-0.05, 0) is 26.3 Å². The number of carboxylic acids is 1. The van der Waals surface area contributed by atoms with Crippen molar-refractivity contribution in [2.75, 3.05) is 26.7 Å². The maximum absolute atomic E-state index is 13.4. The molecule has 210 valence electrons. The van der Waals surface area contributed by atoms with Crippen LogP contribution in [0.25, 0.3) is 0 Å². The van der Waals surface area contributed by atoms with Crippen LogP contribution in [0.3, 0.4) is 0 Å². The van der Waals surface area contributed by atoms with Crippen LogP contribution in [0.1, 0.15) is 26.3 Å². The van der Waals surface area contributed by atoms with Gasteiger partial charge in [0.1, 0.15) is 5.54 Å². The first-order valence-corrected chi connectivity index (χ1v) is 11.8. The van der Waals surface area contributed by atoms with Crippen molar-refractivity contribution in [3.63, 3.8) is 0 Å². The highest BCUT2D eigenvalue weighted by Crippen LogP contribution is 2.44. The molecule has 11 nitrogen and oxygen atoms in total. The van der Waals surface area contributed by atoms with Gasteiger partial charge in [-0.1, -0.05) is 30.3 Å². The lowest BCUT2D eigenvalue weighted by Crippen LogP contribution is -2.57. The largest absolute Gasteiger partial charge is 0.490 e. The summed E-state index contributed by atoms with van der Waals surface area (Å²) in [5, 5.41) is 13.0. The summed E-state index contributed by atoms with van der Waals surface area (Å²) < 4.78 is 36.7. The molecule has 2 heterocycles. The molecule has 4 atom stereocenters. The summed E-state index contributed by atoms with van der Waals surface area (Å²) >= 11 is 0. The molecule has 3 rings (SSSR count). The Labute approximate surface area is 217 Å². The highest BCUT2D eigenvalue weighted by Gasteiger charge is 2.66. The number of fused-ring (bicyclic) bond motifs is 1. The third-order valence-corrected chi connectivity index (χ3v) is 6.43. The lowest BCUT2D eigenvalue weighted by atomic mass is 9.81. The standard InChI is InChI=1S/C22H30N4O5.C2HF3O2/c1-5-23-21(30)25(6-2)13-15-16-17(22(3,24-15)20(29)31-4)19(28)26(18(16)27)12-14-10-8-7-9-11-14;3-2(4,5)1(6)7/h7-11,15-17,24H,5-6,12-13H2,1-4H3,(H,23,30);(H,6,7)/t15-,16+,17-,22-;/m1./s1. The van der Waals surface area contributed by atoms with E-state index < -0.39 is 47.4 Å². The number of aliphatic carboxylic acids is 1. The molecule has 1 aromatic carbocycles. The number of esters is 1. The highest BCUT2D eigenvalue weighted by molar-refractivity contribution is 6.09. The van der Waals surface area contributed by atoms with Gasteiger partial charge in [0, 0.05) is 25.7 Å². The molecule has 0 unspecified atom stereocenters. The second-order valence-electron chi connectivity index (χ2n) is 8.87. The third-order valence-electron chi connectivity index (χ3n) is 6.43. The van der Waals surface area contributed by atoms with Crippen molar-refractivity contribution in [3.8, 4) is 0 Å². The normalized spacial score (nSPS) is 24.3. The third kappa shape index (κ3) is 6.41. The second kappa shape index (κ2) is 12.2. The van der Waals surface area contributed by atoms with E-state index in [2.05, 4.69) is 10.6 Å². The number of nitrogens with one attached hydrogen (secondary N) is 2. The first-order valence-electron chi connectivity index (χ1n) is 11.8. The van der Waals surface area contributed by atoms with Crippen LogP contribution < -0.4 is 10.6 Å². The minimum absolute atomic E-state index is 0.142. The van der Waals surface area contributed by atoms with Crippen LogP contribution in [0.15, 0.2) is 30.3 Å². The molecule has 2 aliphatic rings. The number of hydrogen-bond acceptors (Lipinski definition) is 7. The number of carbonyl (C=O) groups is 5. The van der Waals surface area contributed by atoms with Crippen molar-refractivity contribution >= 4 is 29.8 Å². The van der Waals surface area contributed by atoms with E-state index in [0.717, 1.165) is 5.56 Å². The van der Waals surface area contributed by atoms with Gasteiger partial charge in [0.15, 0.2) is 0 Å². The molecule has 1 aromatic rings. The SMILES string of the molecule is CCNC(=O)N(CC)C[C@H]1N[C@@](C)(C(=O)OC)[C@H]2C(=O)N(Cc3ccccc3)C(=O)[C@@H]12.O=C(O)C(F)(F)F. The molecule has 0 radical (unpaired) electrons. The first kappa shape index (κ1) is 30.5. The summed E-state index contributed by atoms with van der Waals surface area (Å²) in [4.78, 5) is 63.5. The molecule has 0 bridgehead atoms. The summed E-state index contributed by atoms with van der Waals surface area (Å²) in [5.41, 5.74) is -0.533. The van der Waals surface area contributed by atoms with Gasteiger partial charge in [0.05, 0.1) is 25.5 Å².